The molecular weight excluding hydrogens is 298 g/mol. The first-order valence-electron chi connectivity index (χ1n) is 9.23. The highest BCUT2D eigenvalue weighted by Gasteiger charge is 2.15. The molecule has 0 fully saturated rings. The zero-order valence-corrected chi connectivity index (χ0v) is 15.9. The van der Waals surface area contributed by atoms with E-state index in [4.69, 9.17) is 5.11 Å². The van der Waals surface area contributed by atoms with Crippen molar-refractivity contribution in [3.8, 4) is 5.75 Å². The second kappa shape index (κ2) is 11.3. The Morgan fingerprint density at radius 2 is 1.96 bits per heavy atom. The van der Waals surface area contributed by atoms with E-state index < -0.39 is 0 Å². The van der Waals surface area contributed by atoms with Gasteiger partial charge in [0.05, 0.1) is 0 Å². The number of hydrogen-bond donors (Lipinski definition) is 3. The molecule has 0 saturated heterocycles. The van der Waals surface area contributed by atoms with E-state index in [2.05, 4.69) is 51.2 Å². The first-order valence-corrected chi connectivity index (χ1v) is 9.23. The molecule has 0 heterocycles. The van der Waals surface area contributed by atoms with Crippen molar-refractivity contribution in [1.82, 2.24) is 5.32 Å². The molecule has 0 aliphatic carbocycles. The normalized spacial score (nSPS) is 12.2. The van der Waals surface area contributed by atoms with Gasteiger partial charge >= 0.3 is 0 Å². The van der Waals surface area contributed by atoms with Crippen molar-refractivity contribution in [3.63, 3.8) is 0 Å². The molecule has 0 unspecified atom stereocenters. The van der Waals surface area contributed by atoms with Gasteiger partial charge < -0.3 is 15.5 Å². The number of hydrogen-bond acceptors (Lipinski definition) is 3. The van der Waals surface area contributed by atoms with Crippen LogP contribution in [-0.2, 0) is 6.54 Å². The van der Waals surface area contributed by atoms with Gasteiger partial charge in [0.25, 0.3) is 0 Å². The molecular formula is C21H35NO2. The molecule has 3 nitrogen and oxygen atoms in total. The molecule has 136 valence electrons. The fourth-order valence-electron chi connectivity index (χ4n) is 2.91. The molecule has 0 saturated carbocycles. The van der Waals surface area contributed by atoms with E-state index in [0.717, 1.165) is 55.3 Å². The Labute approximate surface area is 147 Å². The molecule has 0 radical (unpaired) electrons. The molecule has 1 rings (SSSR count). The molecule has 0 aliphatic rings. The number of aliphatic hydroxyl groups excluding tert-OH is 1. The number of aryl methyl sites for hydroxylation is 1. The Bertz CT molecular complexity index is 519. The van der Waals surface area contributed by atoms with Crippen LogP contribution >= 0.6 is 0 Å². The molecule has 0 aliphatic heterocycles. The number of allylic oxidation sites excluding steroid dienone is 2. The summed E-state index contributed by atoms with van der Waals surface area (Å²) in [7, 11) is 0. The molecule has 1 aromatic carbocycles. The molecule has 0 spiro atoms. The second-order valence-electron chi connectivity index (χ2n) is 7.02. The van der Waals surface area contributed by atoms with E-state index in [9.17, 15) is 5.11 Å². The quantitative estimate of drug-likeness (QED) is 0.402. The molecule has 0 amide bonds. The van der Waals surface area contributed by atoms with E-state index in [1.807, 2.05) is 0 Å². The topological polar surface area (TPSA) is 52.5 Å². The van der Waals surface area contributed by atoms with E-state index in [0.29, 0.717) is 18.2 Å². The van der Waals surface area contributed by atoms with Crippen molar-refractivity contribution in [2.75, 3.05) is 13.2 Å². The van der Waals surface area contributed by atoms with Crippen LogP contribution in [0.4, 0.5) is 0 Å². The number of unbranched alkanes of at least 4 members (excludes halogenated alkanes) is 2. The summed E-state index contributed by atoms with van der Waals surface area (Å²) in [5, 5.41) is 22.9. The Kier molecular flexibility index (Phi) is 9.73. The SMILES string of the molecule is CC(C)=CCC[C@H](C)c1ccc(C)c(CNCCCCCO)c1O. The number of phenolic OH excluding ortho intramolecular Hbond substituents is 1. The van der Waals surface area contributed by atoms with Gasteiger partial charge in [-0.05, 0) is 76.5 Å². The maximum absolute atomic E-state index is 10.7. The maximum atomic E-state index is 10.7. The lowest BCUT2D eigenvalue weighted by atomic mass is 9.91. The number of nitrogens with one attached hydrogen (secondary N) is 1. The fourth-order valence-corrected chi connectivity index (χ4v) is 2.91. The molecule has 0 aromatic heterocycles. The minimum Gasteiger partial charge on any atom is -0.507 e. The third-order valence-corrected chi connectivity index (χ3v) is 4.54. The highest BCUT2D eigenvalue weighted by Crippen LogP contribution is 2.33. The summed E-state index contributed by atoms with van der Waals surface area (Å²) in [5.74, 6) is 0.812. The van der Waals surface area contributed by atoms with Gasteiger partial charge in [0.1, 0.15) is 5.75 Å². The van der Waals surface area contributed by atoms with Crippen LogP contribution in [0.15, 0.2) is 23.8 Å². The number of aromatic hydroxyl groups is 1. The molecule has 24 heavy (non-hydrogen) atoms. The van der Waals surface area contributed by atoms with Gasteiger partial charge in [-0.25, -0.2) is 0 Å². The standard InChI is InChI=1S/C21H35NO2/c1-16(2)9-8-10-17(3)19-12-11-18(4)20(21(19)24)15-22-13-6-5-7-14-23/h9,11-12,17,22-24H,5-8,10,13-15H2,1-4H3/t17-/m0/s1. The molecule has 0 bridgehead atoms. The first-order chi connectivity index (χ1) is 11.5. The molecule has 1 atom stereocenters. The van der Waals surface area contributed by atoms with Crippen molar-refractivity contribution in [3.05, 3.63) is 40.5 Å². The molecule has 3 heteroatoms. The largest absolute Gasteiger partial charge is 0.507 e. The summed E-state index contributed by atoms with van der Waals surface area (Å²) in [4.78, 5) is 0. The smallest absolute Gasteiger partial charge is 0.123 e. The lowest BCUT2D eigenvalue weighted by Crippen LogP contribution is -2.16. The lowest BCUT2D eigenvalue weighted by Gasteiger charge is -2.18. The third-order valence-electron chi connectivity index (χ3n) is 4.54. The lowest BCUT2D eigenvalue weighted by molar-refractivity contribution is 0.283. The fraction of sp³-hybridized carbons (Fsp3) is 0.619. The van der Waals surface area contributed by atoms with Gasteiger partial charge in [-0.2, -0.15) is 0 Å². The summed E-state index contributed by atoms with van der Waals surface area (Å²) < 4.78 is 0. The van der Waals surface area contributed by atoms with E-state index in [-0.39, 0.29) is 6.61 Å². The summed E-state index contributed by atoms with van der Waals surface area (Å²) in [6.07, 6.45) is 7.32. The first kappa shape index (κ1) is 20.7. The van der Waals surface area contributed by atoms with Gasteiger partial charge in [-0.1, -0.05) is 30.7 Å². The van der Waals surface area contributed by atoms with Gasteiger partial charge in [0.2, 0.25) is 0 Å². The van der Waals surface area contributed by atoms with Gasteiger partial charge in [0, 0.05) is 18.7 Å². The highest BCUT2D eigenvalue weighted by molar-refractivity contribution is 5.46. The zero-order valence-electron chi connectivity index (χ0n) is 15.9. The van der Waals surface area contributed by atoms with Crippen LogP contribution in [0.25, 0.3) is 0 Å². The van der Waals surface area contributed by atoms with Crippen molar-refractivity contribution in [1.29, 1.82) is 0 Å². The minimum absolute atomic E-state index is 0.270. The average Bonchev–Trinajstić information content (AvgIpc) is 2.52. The van der Waals surface area contributed by atoms with Crippen LogP contribution in [0, 0.1) is 6.92 Å². The van der Waals surface area contributed by atoms with E-state index in [1.165, 1.54) is 5.57 Å². The van der Waals surface area contributed by atoms with Gasteiger partial charge in [-0.3, -0.25) is 0 Å². The van der Waals surface area contributed by atoms with Crippen molar-refractivity contribution in [2.45, 2.75) is 72.3 Å². The number of rotatable bonds is 11. The number of phenols is 1. The molecule has 3 N–H and O–H groups in total. The minimum atomic E-state index is 0.270. The highest BCUT2D eigenvalue weighted by atomic mass is 16.3. The number of aliphatic hydroxyl groups is 1. The predicted octanol–water partition coefficient (Wildman–Crippen LogP) is 4.80. The second-order valence-corrected chi connectivity index (χ2v) is 7.02. The average molecular weight is 334 g/mol. The Morgan fingerprint density at radius 3 is 2.62 bits per heavy atom. The predicted molar refractivity (Wildman–Crippen MR) is 103 cm³/mol. The Balaban J connectivity index is 2.64. The summed E-state index contributed by atoms with van der Waals surface area (Å²) >= 11 is 0. The maximum Gasteiger partial charge on any atom is 0.123 e. The van der Waals surface area contributed by atoms with E-state index >= 15 is 0 Å². The number of benzene rings is 1. The monoisotopic (exact) mass is 333 g/mol. The Hall–Kier alpha value is -1.32. The van der Waals surface area contributed by atoms with Crippen LogP contribution in [-0.4, -0.2) is 23.4 Å². The van der Waals surface area contributed by atoms with Crippen molar-refractivity contribution in [2.24, 2.45) is 0 Å². The summed E-state index contributed by atoms with van der Waals surface area (Å²) in [6, 6.07) is 4.19. The molecule has 1 aromatic rings. The van der Waals surface area contributed by atoms with Crippen LogP contribution in [0.3, 0.4) is 0 Å². The van der Waals surface area contributed by atoms with Crippen LogP contribution in [0.2, 0.25) is 0 Å². The van der Waals surface area contributed by atoms with Crippen molar-refractivity contribution >= 4 is 0 Å². The van der Waals surface area contributed by atoms with Crippen LogP contribution < -0.4 is 5.32 Å². The summed E-state index contributed by atoms with van der Waals surface area (Å²) in [5.41, 5.74) is 4.56. The van der Waals surface area contributed by atoms with Crippen LogP contribution in [0.1, 0.15) is 75.5 Å². The zero-order chi connectivity index (χ0) is 17.9. The van der Waals surface area contributed by atoms with Crippen LogP contribution in [0.5, 0.6) is 5.75 Å². The van der Waals surface area contributed by atoms with Gasteiger partial charge in [-0.15, -0.1) is 0 Å². The summed E-state index contributed by atoms with van der Waals surface area (Å²) in [6.45, 7) is 10.4. The Morgan fingerprint density at radius 1 is 1.21 bits per heavy atom. The van der Waals surface area contributed by atoms with Gasteiger partial charge in [0.15, 0.2) is 0 Å². The van der Waals surface area contributed by atoms with E-state index in [1.54, 1.807) is 0 Å². The third kappa shape index (κ3) is 7.06. The van der Waals surface area contributed by atoms with Crippen molar-refractivity contribution < 1.29 is 10.2 Å².